The van der Waals surface area contributed by atoms with Crippen molar-refractivity contribution in [2.75, 3.05) is 13.6 Å². The van der Waals surface area contributed by atoms with E-state index in [1.807, 2.05) is 18.2 Å². The minimum absolute atomic E-state index is 0.102. The maximum Gasteiger partial charge on any atom is 0.159 e. The average Bonchev–Trinajstić information content (AvgIpc) is 2.72. The predicted molar refractivity (Wildman–Crippen MR) is 77.6 cm³/mol. The zero-order chi connectivity index (χ0) is 14.6. The van der Waals surface area contributed by atoms with E-state index in [4.69, 9.17) is 4.74 Å². The zero-order valence-electron chi connectivity index (χ0n) is 12.0. The van der Waals surface area contributed by atoms with Crippen molar-refractivity contribution in [2.24, 2.45) is 0 Å². The number of hydrogen-bond acceptors (Lipinski definition) is 4. The van der Waals surface area contributed by atoms with E-state index in [2.05, 4.69) is 11.9 Å². The third-order valence-electron chi connectivity index (χ3n) is 5.00. The van der Waals surface area contributed by atoms with Crippen LogP contribution in [-0.4, -0.2) is 36.7 Å². The van der Waals surface area contributed by atoms with Gasteiger partial charge in [0, 0.05) is 18.5 Å². The number of rotatable bonds is 1. The van der Waals surface area contributed by atoms with Gasteiger partial charge in [0.15, 0.2) is 12.1 Å². The highest BCUT2D eigenvalue weighted by atomic mass is 16.5. The van der Waals surface area contributed by atoms with Crippen molar-refractivity contribution in [1.82, 2.24) is 4.90 Å². The molecule has 0 radical (unpaired) electrons. The van der Waals surface area contributed by atoms with E-state index in [9.17, 15) is 9.59 Å². The van der Waals surface area contributed by atoms with Crippen molar-refractivity contribution in [1.29, 1.82) is 0 Å². The highest BCUT2D eigenvalue weighted by molar-refractivity contribution is 5.93. The number of carbonyl (C=O) groups is 2. The lowest BCUT2D eigenvalue weighted by Gasteiger charge is -2.33. The molecule has 0 amide bonds. The SMILES string of the molecule is CN1CC[C@@]23C=CC(=O)CC2Oc2c(C=O)ccc(c23)C1. The molecule has 2 atom stereocenters. The van der Waals surface area contributed by atoms with Crippen LogP contribution in [-0.2, 0) is 16.8 Å². The number of ether oxygens (including phenoxy) is 1. The fraction of sp³-hybridized carbons (Fsp3) is 0.412. The fourth-order valence-corrected chi connectivity index (χ4v) is 3.93. The van der Waals surface area contributed by atoms with Gasteiger partial charge in [0.25, 0.3) is 0 Å². The van der Waals surface area contributed by atoms with Crippen LogP contribution in [0.25, 0.3) is 0 Å². The molecule has 3 aliphatic rings. The van der Waals surface area contributed by atoms with Gasteiger partial charge in [-0.2, -0.15) is 0 Å². The summed E-state index contributed by atoms with van der Waals surface area (Å²) in [7, 11) is 2.10. The van der Waals surface area contributed by atoms with Gasteiger partial charge >= 0.3 is 0 Å². The van der Waals surface area contributed by atoms with Crippen LogP contribution in [0.1, 0.15) is 34.3 Å². The van der Waals surface area contributed by atoms with Gasteiger partial charge in [0.05, 0.1) is 11.0 Å². The van der Waals surface area contributed by atoms with E-state index in [1.165, 1.54) is 5.56 Å². The van der Waals surface area contributed by atoms with E-state index in [0.29, 0.717) is 17.7 Å². The molecule has 4 heteroatoms. The highest BCUT2D eigenvalue weighted by Crippen LogP contribution is 2.53. The van der Waals surface area contributed by atoms with Crippen LogP contribution in [0.2, 0.25) is 0 Å². The standard InChI is InChI=1S/C17H17NO3/c1-18-7-6-17-5-4-13(20)8-14(17)21-16-12(10-19)3-2-11(9-18)15(16)17/h2-5,10,14H,6-9H2,1H3/t14?,17-/m0/s1. The number of benzene rings is 1. The number of nitrogens with zero attached hydrogens (tertiary/aromatic N) is 1. The number of aldehydes is 1. The first-order valence-corrected chi connectivity index (χ1v) is 7.33. The summed E-state index contributed by atoms with van der Waals surface area (Å²) in [5.41, 5.74) is 2.68. The zero-order valence-corrected chi connectivity index (χ0v) is 12.0. The Morgan fingerprint density at radius 1 is 1.43 bits per heavy atom. The highest BCUT2D eigenvalue weighted by Gasteiger charge is 2.52. The Labute approximate surface area is 123 Å². The Bertz CT molecular complexity index is 679. The Hall–Kier alpha value is -1.94. The Morgan fingerprint density at radius 3 is 3.10 bits per heavy atom. The van der Waals surface area contributed by atoms with E-state index >= 15 is 0 Å². The van der Waals surface area contributed by atoms with Crippen molar-refractivity contribution in [3.63, 3.8) is 0 Å². The molecule has 0 aromatic heterocycles. The Kier molecular flexibility index (Phi) is 2.60. The number of allylic oxidation sites excluding steroid dienone is 1. The van der Waals surface area contributed by atoms with Gasteiger partial charge in [-0.3, -0.25) is 9.59 Å². The maximum atomic E-state index is 11.8. The second-order valence-electron chi connectivity index (χ2n) is 6.27. The normalized spacial score (nSPS) is 30.3. The first-order valence-electron chi connectivity index (χ1n) is 7.33. The van der Waals surface area contributed by atoms with Gasteiger partial charge in [0.2, 0.25) is 0 Å². The summed E-state index contributed by atoms with van der Waals surface area (Å²) in [5.74, 6) is 0.799. The molecule has 0 bridgehead atoms. The predicted octanol–water partition coefficient (Wildman–Crippen LogP) is 1.86. The molecular formula is C17H17NO3. The monoisotopic (exact) mass is 283 g/mol. The lowest BCUT2D eigenvalue weighted by Crippen LogP contribution is -2.41. The maximum absolute atomic E-state index is 11.8. The van der Waals surface area contributed by atoms with E-state index in [-0.39, 0.29) is 17.3 Å². The van der Waals surface area contributed by atoms with Crippen LogP contribution in [0.4, 0.5) is 0 Å². The molecule has 0 saturated carbocycles. The van der Waals surface area contributed by atoms with Crippen LogP contribution in [0, 0.1) is 0 Å². The van der Waals surface area contributed by atoms with Gasteiger partial charge in [-0.1, -0.05) is 12.1 Å². The minimum Gasteiger partial charge on any atom is -0.488 e. The molecule has 1 spiro atoms. The molecule has 1 unspecified atom stereocenters. The third kappa shape index (κ3) is 1.65. The quantitative estimate of drug-likeness (QED) is 0.738. The molecule has 1 aromatic rings. The molecule has 2 aliphatic heterocycles. The Morgan fingerprint density at radius 2 is 2.29 bits per heavy atom. The minimum atomic E-state index is -0.248. The van der Waals surface area contributed by atoms with Crippen LogP contribution < -0.4 is 4.74 Å². The van der Waals surface area contributed by atoms with Gasteiger partial charge in [-0.15, -0.1) is 0 Å². The van der Waals surface area contributed by atoms with E-state index in [1.54, 1.807) is 6.08 Å². The van der Waals surface area contributed by atoms with Crippen LogP contribution >= 0.6 is 0 Å². The summed E-state index contributed by atoms with van der Waals surface area (Å²) in [6.07, 6.45) is 5.70. The third-order valence-corrected chi connectivity index (χ3v) is 5.00. The van der Waals surface area contributed by atoms with Crippen LogP contribution in [0.3, 0.4) is 0 Å². The van der Waals surface area contributed by atoms with Crippen molar-refractivity contribution in [3.8, 4) is 5.75 Å². The second kappa shape index (κ2) is 4.28. The summed E-state index contributed by atoms with van der Waals surface area (Å²) < 4.78 is 6.09. The van der Waals surface area contributed by atoms with Crippen molar-refractivity contribution < 1.29 is 14.3 Å². The summed E-state index contributed by atoms with van der Waals surface area (Å²) in [5, 5.41) is 0. The summed E-state index contributed by atoms with van der Waals surface area (Å²) in [6, 6.07) is 3.86. The van der Waals surface area contributed by atoms with Gasteiger partial charge in [-0.05, 0) is 37.7 Å². The largest absolute Gasteiger partial charge is 0.488 e. The first kappa shape index (κ1) is 12.8. The molecule has 108 valence electrons. The number of ketones is 1. The molecule has 0 fully saturated rings. The van der Waals surface area contributed by atoms with E-state index < -0.39 is 0 Å². The molecule has 4 rings (SSSR count). The summed E-state index contributed by atoms with van der Waals surface area (Å²) >= 11 is 0. The average molecular weight is 283 g/mol. The fourth-order valence-electron chi connectivity index (χ4n) is 3.93. The van der Waals surface area contributed by atoms with Crippen molar-refractivity contribution in [3.05, 3.63) is 41.0 Å². The van der Waals surface area contributed by atoms with Gasteiger partial charge in [-0.25, -0.2) is 0 Å². The summed E-state index contributed by atoms with van der Waals surface area (Å²) in [6.45, 7) is 1.80. The molecule has 0 saturated heterocycles. The van der Waals surface area contributed by atoms with Crippen LogP contribution in [0.15, 0.2) is 24.3 Å². The Balaban J connectivity index is 2.00. The molecule has 0 N–H and O–H groups in total. The smallest absolute Gasteiger partial charge is 0.159 e. The number of hydrogen-bond donors (Lipinski definition) is 0. The van der Waals surface area contributed by atoms with Crippen LogP contribution in [0.5, 0.6) is 5.75 Å². The molecule has 21 heavy (non-hydrogen) atoms. The lowest BCUT2D eigenvalue weighted by atomic mass is 9.69. The molecule has 1 aromatic carbocycles. The molecule has 1 aliphatic carbocycles. The molecule has 4 nitrogen and oxygen atoms in total. The second-order valence-corrected chi connectivity index (χ2v) is 6.27. The van der Waals surface area contributed by atoms with Crippen molar-refractivity contribution >= 4 is 12.1 Å². The number of carbonyl (C=O) groups excluding carboxylic acids is 2. The lowest BCUT2D eigenvalue weighted by molar-refractivity contribution is -0.117. The van der Waals surface area contributed by atoms with Crippen molar-refractivity contribution in [2.45, 2.75) is 30.9 Å². The van der Waals surface area contributed by atoms with E-state index in [0.717, 1.165) is 31.4 Å². The molecule has 2 heterocycles. The molecular weight excluding hydrogens is 266 g/mol. The van der Waals surface area contributed by atoms with Gasteiger partial charge in [0.1, 0.15) is 11.9 Å². The topological polar surface area (TPSA) is 46.6 Å². The van der Waals surface area contributed by atoms with Gasteiger partial charge < -0.3 is 9.64 Å². The first-order chi connectivity index (χ1) is 10.1. The summed E-state index contributed by atoms with van der Waals surface area (Å²) in [4.78, 5) is 25.4.